The van der Waals surface area contributed by atoms with Crippen molar-refractivity contribution in [2.24, 2.45) is 5.73 Å². The van der Waals surface area contributed by atoms with Gasteiger partial charge in [0, 0.05) is 15.7 Å². The Morgan fingerprint density at radius 3 is 2.63 bits per heavy atom. The zero-order chi connectivity index (χ0) is 14.2. The highest BCUT2D eigenvalue weighted by Crippen LogP contribution is 2.32. The molecule has 0 fully saturated rings. The van der Waals surface area contributed by atoms with E-state index in [2.05, 4.69) is 10.6 Å². The van der Waals surface area contributed by atoms with Crippen LogP contribution in [0.25, 0.3) is 0 Å². The summed E-state index contributed by atoms with van der Waals surface area (Å²) in [7, 11) is 0. The van der Waals surface area contributed by atoms with E-state index in [0.29, 0.717) is 21.3 Å². The molecular weight excluding hydrogens is 289 g/mol. The number of urea groups is 1. The monoisotopic (exact) mass is 299 g/mol. The summed E-state index contributed by atoms with van der Waals surface area (Å²) in [5, 5.41) is 5.94. The largest absolute Gasteiger partial charge is 0.366 e. The number of amides is 3. The number of halogens is 2. The van der Waals surface area contributed by atoms with Crippen LogP contribution in [0.1, 0.15) is 18.5 Å². The highest BCUT2D eigenvalue weighted by atomic mass is 35.5. The summed E-state index contributed by atoms with van der Waals surface area (Å²) in [6, 6.07) is 3.72. The quantitative estimate of drug-likeness (QED) is 0.781. The Morgan fingerprint density at radius 2 is 2.05 bits per heavy atom. The van der Waals surface area contributed by atoms with Crippen molar-refractivity contribution in [3.8, 4) is 0 Å². The summed E-state index contributed by atoms with van der Waals surface area (Å²) in [6.45, 7) is 1.61. The number of nitrogens with two attached hydrogens (primary N) is 1. The molecule has 1 aliphatic heterocycles. The van der Waals surface area contributed by atoms with E-state index in [-0.39, 0.29) is 5.57 Å². The second-order valence-corrected chi connectivity index (χ2v) is 4.94. The van der Waals surface area contributed by atoms with Gasteiger partial charge in [0.05, 0.1) is 11.6 Å². The maximum Gasteiger partial charge on any atom is 0.319 e. The van der Waals surface area contributed by atoms with Crippen LogP contribution < -0.4 is 16.4 Å². The second-order valence-electron chi connectivity index (χ2n) is 4.10. The summed E-state index contributed by atoms with van der Waals surface area (Å²) in [5.74, 6) is -0.624. The van der Waals surface area contributed by atoms with Crippen molar-refractivity contribution in [1.82, 2.24) is 10.6 Å². The van der Waals surface area contributed by atoms with Gasteiger partial charge < -0.3 is 16.4 Å². The van der Waals surface area contributed by atoms with Crippen LogP contribution in [0.4, 0.5) is 4.79 Å². The molecule has 3 amide bonds. The van der Waals surface area contributed by atoms with Gasteiger partial charge >= 0.3 is 6.03 Å². The fourth-order valence-electron chi connectivity index (χ4n) is 1.99. The third-order valence-electron chi connectivity index (χ3n) is 2.81. The minimum Gasteiger partial charge on any atom is -0.366 e. The molecular formula is C12H11Cl2N3O2. The normalized spacial score (nSPS) is 18.9. The second kappa shape index (κ2) is 5.11. The number of carbonyl (C=O) groups excluding carboxylic acids is 2. The Balaban J connectivity index is 2.55. The first-order valence-corrected chi connectivity index (χ1v) is 6.18. The van der Waals surface area contributed by atoms with Crippen molar-refractivity contribution in [2.75, 3.05) is 0 Å². The molecule has 0 spiro atoms. The Labute approximate surface area is 119 Å². The Morgan fingerprint density at radius 1 is 1.37 bits per heavy atom. The van der Waals surface area contributed by atoms with Gasteiger partial charge in [-0.25, -0.2) is 4.79 Å². The molecule has 7 heteroatoms. The topological polar surface area (TPSA) is 84.2 Å². The first kappa shape index (κ1) is 13.7. The summed E-state index contributed by atoms with van der Waals surface area (Å²) in [5.41, 5.74) is 6.59. The van der Waals surface area contributed by atoms with Gasteiger partial charge in [0.2, 0.25) is 5.91 Å². The van der Waals surface area contributed by atoms with Crippen LogP contribution in [0.2, 0.25) is 10.0 Å². The van der Waals surface area contributed by atoms with E-state index in [1.807, 2.05) is 0 Å². The van der Waals surface area contributed by atoms with E-state index in [4.69, 9.17) is 28.9 Å². The Kier molecular flexibility index (Phi) is 3.68. The third-order valence-corrected chi connectivity index (χ3v) is 3.37. The number of nitrogens with one attached hydrogen (secondary N) is 2. The summed E-state index contributed by atoms with van der Waals surface area (Å²) < 4.78 is 0. The van der Waals surface area contributed by atoms with Crippen molar-refractivity contribution in [3.63, 3.8) is 0 Å². The molecule has 1 atom stereocenters. The maximum absolute atomic E-state index is 11.5. The van der Waals surface area contributed by atoms with Gasteiger partial charge in [-0.2, -0.15) is 0 Å². The minimum atomic E-state index is -0.684. The van der Waals surface area contributed by atoms with E-state index >= 15 is 0 Å². The molecule has 0 saturated heterocycles. The van der Waals surface area contributed by atoms with Crippen molar-refractivity contribution in [2.45, 2.75) is 13.0 Å². The number of rotatable bonds is 2. The van der Waals surface area contributed by atoms with Crippen LogP contribution in [0, 0.1) is 0 Å². The molecule has 1 unspecified atom stereocenters. The molecule has 19 heavy (non-hydrogen) atoms. The van der Waals surface area contributed by atoms with Crippen LogP contribution in [0.15, 0.2) is 29.5 Å². The van der Waals surface area contributed by atoms with Crippen molar-refractivity contribution in [1.29, 1.82) is 0 Å². The van der Waals surface area contributed by atoms with E-state index in [1.54, 1.807) is 25.1 Å². The van der Waals surface area contributed by atoms with Crippen LogP contribution in [-0.4, -0.2) is 11.9 Å². The number of primary amides is 1. The van der Waals surface area contributed by atoms with Gasteiger partial charge in [-0.05, 0) is 24.6 Å². The summed E-state index contributed by atoms with van der Waals surface area (Å²) in [6.07, 6.45) is 0. The summed E-state index contributed by atoms with van der Waals surface area (Å²) >= 11 is 11.9. The minimum absolute atomic E-state index is 0.267. The molecule has 1 aromatic carbocycles. The SMILES string of the molecule is CC1=C(C(N)=O)C(c2ccc(Cl)cc2Cl)NC(=O)N1. The van der Waals surface area contributed by atoms with E-state index < -0.39 is 18.0 Å². The van der Waals surface area contributed by atoms with Crippen LogP contribution >= 0.6 is 23.2 Å². The number of hydrogen-bond acceptors (Lipinski definition) is 2. The zero-order valence-electron chi connectivity index (χ0n) is 9.96. The molecule has 0 radical (unpaired) electrons. The molecule has 1 aromatic rings. The lowest BCUT2D eigenvalue weighted by Crippen LogP contribution is -2.46. The van der Waals surface area contributed by atoms with Crippen molar-refractivity contribution < 1.29 is 9.59 Å². The fourth-order valence-corrected chi connectivity index (χ4v) is 2.51. The highest BCUT2D eigenvalue weighted by molar-refractivity contribution is 6.35. The van der Waals surface area contributed by atoms with Gasteiger partial charge in [0.15, 0.2) is 0 Å². The molecule has 1 heterocycles. The van der Waals surface area contributed by atoms with Crippen molar-refractivity contribution >= 4 is 35.1 Å². The fraction of sp³-hybridized carbons (Fsp3) is 0.167. The van der Waals surface area contributed by atoms with E-state index in [9.17, 15) is 9.59 Å². The lowest BCUT2D eigenvalue weighted by atomic mass is 9.95. The molecule has 1 aliphatic rings. The number of benzene rings is 1. The van der Waals surface area contributed by atoms with Gasteiger partial charge in [0.1, 0.15) is 0 Å². The van der Waals surface area contributed by atoms with E-state index in [0.717, 1.165) is 0 Å². The number of carbonyl (C=O) groups is 2. The van der Waals surface area contributed by atoms with Gasteiger partial charge in [0.25, 0.3) is 0 Å². The third kappa shape index (κ3) is 2.67. The molecule has 0 aromatic heterocycles. The Hall–Kier alpha value is -1.72. The highest BCUT2D eigenvalue weighted by Gasteiger charge is 2.31. The molecule has 0 aliphatic carbocycles. The number of allylic oxidation sites excluding steroid dienone is 1. The standard InChI is InChI=1S/C12H11Cl2N3O2/c1-5-9(11(15)18)10(17-12(19)16-5)7-3-2-6(13)4-8(7)14/h2-4,10H,1H3,(H2,15,18)(H2,16,17,19). The zero-order valence-corrected chi connectivity index (χ0v) is 11.5. The molecule has 0 saturated carbocycles. The summed E-state index contributed by atoms with van der Waals surface area (Å²) in [4.78, 5) is 23.1. The predicted octanol–water partition coefficient (Wildman–Crippen LogP) is 2.11. The molecule has 2 rings (SSSR count). The predicted molar refractivity (Wildman–Crippen MR) is 72.8 cm³/mol. The smallest absolute Gasteiger partial charge is 0.319 e. The van der Waals surface area contributed by atoms with Crippen LogP contribution in [-0.2, 0) is 4.79 Å². The lowest BCUT2D eigenvalue weighted by molar-refractivity contribution is -0.115. The average molecular weight is 300 g/mol. The van der Waals surface area contributed by atoms with Gasteiger partial charge in [-0.3, -0.25) is 4.79 Å². The lowest BCUT2D eigenvalue weighted by Gasteiger charge is -2.28. The van der Waals surface area contributed by atoms with Gasteiger partial charge in [-0.1, -0.05) is 29.3 Å². The number of hydrogen-bond donors (Lipinski definition) is 3. The molecule has 5 nitrogen and oxygen atoms in total. The van der Waals surface area contributed by atoms with Crippen molar-refractivity contribution in [3.05, 3.63) is 45.1 Å². The van der Waals surface area contributed by atoms with Gasteiger partial charge in [-0.15, -0.1) is 0 Å². The molecule has 100 valence electrons. The first-order valence-electron chi connectivity index (χ1n) is 5.43. The first-order chi connectivity index (χ1) is 8.90. The maximum atomic E-state index is 11.5. The van der Waals surface area contributed by atoms with Crippen LogP contribution in [0.3, 0.4) is 0 Å². The van der Waals surface area contributed by atoms with E-state index in [1.165, 1.54) is 0 Å². The molecule has 0 bridgehead atoms. The average Bonchev–Trinajstić information content (AvgIpc) is 2.26. The Bertz CT molecular complexity index is 599. The molecule has 4 N–H and O–H groups in total. The van der Waals surface area contributed by atoms with Crippen LogP contribution in [0.5, 0.6) is 0 Å².